The van der Waals surface area contributed by atoms with Gasteiger partial charge in [0.2, 0.25) is 0 Å². The number of hydrogen-bond acceptors (Lipinski definition) is 2. The molecule has 1 atom stereocenters. The predicted octanol–water partition coefficient (Wildman–Crippen LogP) is 3.23. The van der Waals surface area contributed by atoms with Crippen molar-refractivity contribution in [3.8, 4) is 0 Å². The molecule has 1 aliphatic rings. The molecule has 0 aromatic heterocycles. The number of carboxylic acids is 1. The molecule has 0 spiro atoms. The average Bonchev–Trinajstić information content (AvgIpc) is 2.66. The van der Waals surface area contributed by atoms with Crippen LogP contribution in [-0.4, -0.2) is 34.5 Å². The predicted molar refractivity (Wildman–Crippen MR) is 79.8 cm³/mol. The SMILES string of the molecule is Cc1cccc(C(=O)N2CCCCCC2C(=O)O)c1Br. The zero-order valence-corrected chi connectivity index (χ0v) is 13.0. The van der Waals surface area contributed by atoms with Crippen LogP contribution in [0.2, 0.25) is 0 Å². The maximum Gasteiger partial charge on any atom is 0.326 e. The lowest BCUT2D eigenvalue weighted by Gasteiger charge is -2.27. The van der Waals surface area contributed by atoms with Crippen molar-refractivity contribution in [2.24, 2.45) is 0 Å². The van der Waals surface area contributed by atoms with E-state index in [0.29, 0.717) is 18.5 Å². The molecule has 0 radical (unpaired) electrons. The van der Waals surface area contributed by atoms with Gasteiger partial charge in [-0.25, -0.2) is 4.79 Å². The Bertz CT molecular complexity index is 530. The third-order valence-electron chi connectivity index (χ3n) is 3.72. The number of aliphatic carboxylic acids is 1. The van der Waals surface area contributed by atoms with E-state index in [9.17, 15) is 14.7 Å². The number of carbonyl (C=O) groups is 2. The molecule has 4 nitrogen and oxygen atoms in total. The van der Waals surface area contributed by atoms with Gasteiger partial charge >= 0.3 is 5.97 Å². The molecule has 0 saturated carbocycles. The van der Waals surface area contributed by atoms with Crippen LogP contribution in [0.5, 0.6) is 0 Å². The maximum absolute atomic E-state index is 12.7. The van der Waals surface area contributed by atoms with Crippen LogP contribution in [0.15, 0.2) is 22.7 Å². The van der Waals surface area contributed by atoms with Gasteiger partial charge in [-0.05, 0) is 47.3 Å². The van der Waals surface area contributed by atoms with E-state index in [1.54, 1.807) is 6.07 Å². The Kier molecular flexibility index (Phi) is 4.81. The van der Waals surface area contributed by atoms with E-state index in [1.807, 2.05) is 19.1 Å². The van der Waals surface area contributed by atoms with Gasteiger partial charge in [0, 0.05) is 11.0 Å². The lowest BCUT2D eigenvalue weighted by molar-refractivity contribution is -0.142. The molecular formula is C15H18BrNO3. The van der Waals surface area contributed by atoms with Crippen LogP contribution >= 0.6 is 15.9 Å². The number of benzene rings is 1. The number of aryl methyl sites for hydroxylation is 1. The van der Waals surface area contributed by atoms with Gasteiger partial charge in [0.25, 0.3) is 5.91 Å². The number of carbonyl (C=O) groups excluding carboxylic acids is 1. The minimum absolute atomic E-state index is 0.199. The monoisotopic (exact) mass is 339 g/mol. The van der Waals surface area contributed by atoms with Crippen LogP contribution < -0.4 is 0 Å². The molecule has 108 valence electrons. The summed E-state index contributed by atoms with van der Waals surface area (Å²) in [6.45, 7) is 2.42. The van der Waals surface area contributed by atoms with Gasteiger partial charge in [-0.3, -0.25) is 4.79 Å². The molecule has 1 aliphatic heterocycles. The summed E-state index contributed by atoms with van der Waals surface area (Å²) in [5, 5.41) is 9.35. The van der Waals surface area contributed by atoms with Crippen LogP contribution in [0.1, 0.15) is 41.6 Å². The van der Waals surface area contributed by atoms with E-state index in [4.69, 9.17) is 0 Å². The number of rotatable bonds is 2. The molecule has 20 heavy (non-hydrogen) atoms. The van der Waals surface area contributed by atoms with Crippen molar-refractivity contribution in [1.29, 1.82) is 0 Å². The molecule has 1 amide bonds. The Morgan fingerprint density at radius 1 is 1.30 bits per heavy atom. The van der Waals surface area contributed by atoms with Crippen molar-refractivity contribution >= 4 is 27.8 Å². The second kappa shape index (κ2) is 6.39. The molecule has 1 aromatic carbocycles. The Morgan fingerprint density at radius 2 is 2.05 bits per heavy atom. The molecular weight excluding hydrogens is 322 g/mol. The van der Waals surface area contributed by atoms with Gasteiger partial charge < -0.3 is 10.0 Å². The van der Waals surface area contributed by atoms with Crippen molar-refractivity contribution in [2.75, 3.05) is 6.54 Å². The minimum Gasteiger partial charge on any atom is -0.480 e. The number of halogens is 1. The van der Waals surface area contributed by atoms with E-state index in [1.165, 1.54) is 4.90 Å². The van der Waals surface area contributed by atoms with Crippen molar-refractivity contribution < 1.29 is 14.7 Å². The summed E-state index contributed by atoms with van der Waals surface area (Å²) < 4.78 is 0.749. The largest absolute Gasteiger partial charge is 0.480 e. The first-order valence-corrected chi connectivity index (χ1v) is 7.60. The van der Waals surface area contributed by atoms with E-state index >= 15 is 0 Å². The van der Waals surface area contributed by atoms with Crippen LogP contribution in [-0.2, 0) is 4.79 Å². The topological polar surface area (TPSA) is 57.6 Å². The number of likely N-dealkylation sites (tertiary alicyclic amines) is 1. The molecule has 1 N–H and O–H groups in total. The zero-order chi connectivity index (χ0) is 14.7. The molecule has 1 aromatic rings. The third-order valence-corrected chi connectivity index (χ3v) is 4.77. The normalized spacial score (nSPS) is 19.5. The van der Waals surface area contributed by atoms with Crippen molar-refractivity contribution in [2.45, 2.75) is 38.6 Å². The highest BCUT2D eigenvalue weighted by Crippen LogP contribution is 2.25. The summed E-state index contributed by atoms with van der Waals surface area (Å²) in [5.41, 5.74) is 1.51. The fourth-order valence-corrected chi connectivity index (χ4v) is 3.01. The lowest BCUT2D eigenvalue weighted by atomic mass is 10.1. The van der Waals surface area contributed by atoms with Crippen LogP contribution in [0.3, 0.4) is 0 Å². The first kappa shape index (κ1) is 15.0. The van der Waals surface area contributed by atoms with E-state index in [0.717, 1.165) is 29.3 Å². The average molecular weight is 340 g/mol. The number of nitrogens with zero attached hydrogens (tertiary/aromatic N) is 1. The third kappa shape index (κ3) is 3.03. The molecule has 1 saturated heterocycles. The second-order valence-corrected chi connectivity index (χ2v) is 5.93. The summed E-state index contributed by atoms with van der Waals surface area (Å²) in [7, 11) is 0. The first-order chi connectivity index (χ1) is 9.52. The second-order valence-electron chi connectivity index (χ2n) is 5.14. The number of hydrogen-bond donors (Lipinski definition) is 1. The number of amides is 1. The van der Waals surface area contributed by atoms with Crippen LogP contribution in [0.4, 0.5) is 0 Å². The van der Waals surface area contributed by atoms with Crippen molar-refractivity contribution in [3.05, 3.63) is 33.8 Å². The summed E-state index contributed by atoms with van der Waals surface area (Å²) in [5.74, 6) is -1.11. The maximum atomic E-state index is 12.7. The highest BCUT2D eigenvalue weighted by Gasteiger charge is 2.32. The van der Waals surface area contributed by atoms with E-state index < -0.39 is 12.0 Å². The molecule has 2 rings (SSSR count). The van der Waals surface area contributed by atoms with Crippen molar-refractivity contribution in [1.82, 2.24) is 4.90 Å². The van der Waals surface area contributed by atoms with Gasteiger partial charge in [-0.15, -0.1) is 0 Å². The minimum atomic E-state index is -0.913. The molecule has 1 fully saturated rings. The van der Waals surface area contributed by atoms with Gasteiger partial charge in [-0.1, -0.05) is 25.0 Å². The first-order valence-electron chi connectivity index (χ1n) is 6.81. The van der Waals surface area contributed by atoms with Gasteiger partial charge in [-0.2, -0.15) is 0 Å². The molecule has 5 heteroatoms. The summed E-state index contributed by atoms with van der Waals surface area (Å²) >= 11 is 3.43. The Morgan fingerprint density at radius 3 is 2.75 bits per heavy atom. The summed E-state index contributed by atoms with van der Waals surface area (Å²) in [6.07, 6.45) is 3.22. The van der Waals surface area contributed by atoms with Crippen molar-refractivity contribution in [3.63, 3.8) is 0 Å². The molecule has 1 unspecified atom stereocenters. The Hall–Kier alpha value is -1.36. The lowest BCUT2D eigenvalue weighted by Crippen LogP contribution is -2.44. The van der Waals surface area contributed by atoms with Crippen LogP contribution in [0.25, 0.3) is 0 Å². The van der Waals surface area contributed by atoms with Gasteiger partial charge in [0.1, 0.15) is 6.04 Å². The Labute approximate surface area is 126 Å². The van der Waals surface area contributed by atoms with Gasteiger partial charge in [0.15, 0.2) is 0 Å². The van der Waals surface area contributed by atoms with Gasteiger partial charge in [0.05, 0.1) is 5.56 Å². The highest BCUT2D eigenvalue weighted by molar-refractivity contribution is 9.10. The fourth-order valence-electron chi connectivity index (χ4n) is 2.58. The van der Waals surface area contributed by atoms with Crippen LogP contribution in [0, 0.1) is 6.92 Å². The zero-order valence-electron chi connectivity index (χ0n) is 11.4. The molecule has 1 heterocycles. The Balaban J connectivity index is 2.33. The smallest absolute Gasteiger partial charge is 0.326 e. The number of carboxylic acid groups (broad SMARTS) is 1. The summed E-state index contributed by atoms with van der Waals surface area (Å²) in [4.78, 5) is 25.6. The summed E-state index contributed by atoms with van der Waals surface area (Å²) in [6, 6.07) is 4.76. The van der Waals surface area contributed by atoms with E-state index in [2.05, 4.69) is 15.9 Å². The molecule has 0 aliphatic carbocycles. The molecule has 0 bridgehead atoms. The standard InChI is InChI=1S/C15H18BrNO3/c1-10-6-5-7-11(13(10)16)14(18)17-9-4-2-3-8-12(17)15(19)20/h5-7,12H,2-4,8-9H2,1H3,(H,19,20). The fraction of sp³-hybridized carbons (Fsp3) is 0.467. The highest BCUT2D eigenvalue weighted by atomic mass is 79.9. The van der Waals surface area contributed by atoms with E-state index in [-0.39, 0.29) is 5.91 Å². The quantitative estimate of drug-likeness (QED) is 0.899.